The number of anilines is 2. The van der Waals surface area contributed by atoms with Gasteiger partial charge in [0.2, 0.25) is 0 Å². The third-order valence-corrected chi connectivity index (χ3v) is 4.73. The average Bonchev–Trinajstić information content (AvgIpc) is 2.75. The molecule has 0 atom stereocenters. The second kappa shape index (κ2) is 8.77. The Morgan fingerprint density at radius 1 is 1.14 bits per heavy atom. The first-order valence-corrected chi connectivity index (χ1v) is 9.44. The maximum absolute atomic E-state index is 12.5. The van der Waals surface area contributed by atoms with Crippen molar-refractivity contribution in [1.29, 1.82) is 0 Å². The number of amides is 1. The first kappa shape index (κ1) is 18.3. The van der Waals surface area contributed by atoms with Gasteiger partial charge in [0, 0.05) is 44.0 Å². The topological polar surface area (TPSA) is 79.4 Å². The van der Waals surface area contributed by atoms with Gasteiger partial charge in [0.25, 0.3) is 5.91 Å². The number of para-hydroxylation sites is 1. The maximum Gasteiger partial charge on any atom is 0.252 e. The molecule has 0 unspecified atom stereocenters. The number of carbonyl (C=O) groups is 1. The highest BCUT2D eigenvalue weighted by Gasteiger charge is 2.12. The predicted octanol–water partition coefficient (Wildman–Crippen LogP) is 2.44. The Hall–Kier alpha value is -3.03. The van der Waals surface area contributed by atoms with Crippen molar-refractivity contribution in [3.05, 3.63) is 60.6 Å². The highest BCUT2D eigenvalue weighted by atomic mass is 16.5. The Morgan fingerprint density at radius 2 is 2.00 bits per heavy atom. The first-order chi connectivity index (χ1) is 13.8. The lowest BCUT2D eigenvalue weighted by Gasteiger charge is -2.26. The zero-order valence-electron chi connectivity index (χ0n) is 15.6. The highest BCUT2D eigenvalue weighted by molar-refractivity contribution is 5.96. The van der Waals surface area contributed by atoms with E-state index in [0.29, 0.717) is 12.1 Å². The van der Waals surface area contributed by atoms with Crippen molar-refractivity contribution >= 4 is 28.2 Å². The minimum atomic E-state index is -0.125. The summed E-state index contributed by atoms with van der Waals surface area (Å²) in [5.74, 6) is -0.125. The summed E-state index contributed by atoms with van der Waals surface area (Å²) in [6.45, 7) is 4.76. The Bertz CT molecular complexity index is 951. The minimum Gasteiger partial charge on any atom is -0.379 e. The highest BCUT2D eigenvalue weighted by Crippen LogP contribution is 2.24. The number of benzene rings is 1. The third-order valence-electron chi connectivity index (χ3n) is 4.73. The quantitative estimate of drug-likeness (QED) is 0.687. The van der Waals surface area contributed by atoms with Crippen LogP contribution in [-0.2, 0) is 4.74 Å². The van der Waals surface area contributed by atoms with Crippen molar-refractivity contribution in [2.75, 3.05) is 44.7 Å². The van der Waals surface area contributed by atoms with Crippen LogP contribution in [0.4, 0.5) is 11.4 Å². The van der Waals surface area contributed by atoms with Crippen LogP contribution in [0.1, 0.15) is 10.4 Å². The number of nitrogens with zero attached hydrogens (tertiary/aromatic N) is 3. The number of morpholine rings is 1. The molecule has 144 valence electrons. The molecule has 4 rings (SSSR count). The van der Waals surface area contributed by atoms with Gasteiger partial charge in [-0.15, -0.1) is 0 Å². The normalized spacial score (nSPS) is 14.7. The summed E-state index contributed by atoms with van der Waals surface area (Å²) in [5, 5.41) is 7.34. The van der Waals surface area contributed by atoms with E-state index in [1.165, 1.54) is 0 Å². The second-order valence-corrected chi connectivity index (χ2v) is 6.68. The fourth-order valence-electron chi connectivity index (χ4n) is 3.25. The average molecular weight is 377 g/mol. The molecule has 28 heavy (non-hydrogen) atoms. The van der Waals surface area contributed by atoms with Gasteiger partial charge in [-0.25, -0.2) is 0 Å². The summed E-state index contributed by atoms with van der Waals surface area (Å²) < 4.78 is 5.34. The molecule has 2 aromatic heterocycles. The minimum absolute atomic E-state index is 0.125. The Kier molecular flexibility index (Phi) is 5.75. The van der Waals surface area contributed by atoms with Gasteiger partial charge >= 0.3 is 0 Å². The monoisotopic (exact) mass is 377 g/mol. The number of nitrogens with one attached hydrogen (secondary N) is 2. The van der Waals surface area contributed by atoms with Gasteiger partial charge in [-0.1, -0.05) is 18.2 Å². The molecule has 1 saturated heterocycles. The molecule has 0 bridgehead atoms. The molecule has 3 heterocycles. The second-order valence-electron chi connectivity index (χ2n) is 6.68. The molecule has 1 fully saturated rings. The molecule has 3 aromatic rings. The van der Waals surface area contributed by atoms with Crippen molar-refractivity contribution in [2.45, 2.75) is 0 Å². The number of hydrogen-bond acceptors (Lipinski definition) is 6. The molecule has 1 amide bonds. The van der Waals surface area contributed by atoms with Gasteiger partial charge in [-0.2, -0.15) is 0 Å². The van der Waals surface area contributed by atoms with Gasteiger partial charge in [-0.05, 0) is 18.2 Å². The summed E-state index contributed by atoms with van der Waals surface area (Å²) in [5.41, 5.74) is 3.04. The molecule has 7 heteroatoms. The van der Waals surface area contributed by atoms with E-state index in [-0.39, 0.29) is 5.91 Å². The number of carbonyl (C=O) groups excluding carboxylic acids is 1. The molecule has 0 radical (unpaired) electrons. The van der Waals surface area contributed by atoms with Crippen molar-refractivity contribution in [3.63, 3.8) is 0 Å². The lowest BCUT2D eigenvalue weighted by Crippen LogP contribution is -2.41. The SMILES string of the molecule is O=C(NCCN1CCOCC1)c1cncc(Nc2cccc3cccnc23)c1. The molecule has 0 saturated carbocycles. The van der Waals surface area contributed by atoms with Gasteiger partial charge in [-0.3, -0.25) is 19.7 Å². The zero-order valence-corrected chi connectivity index (χ0v) is 15.6. The van der Waals surface area contributed by atoms with Crippen LogP contribution in [-0.4, -0.2) is 60.2 Å². The summed E-state index contributed by atoms with van der Waals surface area (Å²) in [4.78, 5) is 23.4. The summed E-state index contributed by atoms with van der Waals surface area (Å²) >= 11 is 0. The maximum atomic E-state index is 12.5. The van der Waals surface area contributed by atoms with Gasteiger partial charge in [0.05, 0.1) is 41.9 Å². The van der Waals surface area contributed by atoms with E-state index in [2.05, 4.69) is 25.5 Å². The van der Waals surface area contributed by atoms with Gasteiger partial charge in [0.1, 0.15) is 0 Å². The van der Waals surface area contributed by atoms with Gasteiger partial charge < -0.3 is 15.4 Å². The molecule has 1 aliphatic rings. The van der Waals surface area contributed by atoms with Crippen LogP contribution in [0.2, 0.25) is 0 Å². The largest absolute Gasteiger partial charge is 0.379 e. The number of ether oxygens (including phenoxy) is 1. The van der Waals surface area contributed by atoms with Crippen LogP contribution in [0.3, 0.4) is 0 Å². The van der Waals surface area contributed by atoms with Crippen LogP contribution in [0.15, 0.2) is 55.0 Å². The van der Waals surface area contributed by atoms with Crippen LogP contribution in [0, 0.1) is 0 Å². The van der Waals surface area contributed by atoms with Gasteiger partial charge in [0.15, 0.2) is 0 Å². The fourth-order valence-corrected chi connectivity index (χ4v) is 3.25. The summed E-state index contributed by atoms with van der Waals surface area (Å²) in [6.07, 6.45) is 5.05. The fraction of sp³-hybridized carbons (Fsp3) is 0.286. The number of rotatable bonds is 6. The van der Waals surface area contributed by atoms with E-state index in [0.717, 1.165) is 55.1 Å². The molecule has 1 aromatic carbocycles. The van der Waals surface area contributed by atoms with Crippen molar-refractivity contribution in [2.24, 2.45) is 0 Å². The number of fused-ring (bicyclic) bond motifs is 1. The smallest absolute Gasteiger partial charge is 0.252 e. The van der Waals surface area contributed by atoms with E-state index in [1.54, 1.807) is 24.7 Å². The van der Waals surface area contributed by atoms with E-state index in [1.807, 2.05) is 30.3 Å². The van der Waals surface area contributed by atoms with Crippen molar-refractivity contribution in [3.8, 4) is 0 Å². The molecule has 7 nitrogen and oxygen atoms in total. The summed E-state index contributed by atoms with van der Waals surface area (Å²) in [7, 11) is 0. The third kappa shape index (κ3) is 4.44. The van der Waals surface area contributed by atoms with E-state index >= 15 is 0 Å². The van der Waals surface area contributed by atoms with Crippen molar-refractivity contribution < 1.29 is 9.53 Å². The van der Waals surface area contributed by atoms with Crippen molar-refractivity contribution in [1.82, 2.24) is 20.2 Å². The predicted molar refractivity (Wildman–Crippen MR) is 109 cm³/mol. The Morgan fingerprint density at radius 3 is 2.89 bits per heavy atom. The van der Waals surface area contributed by atoms with Crippen LogP contribution in [0.25, 0.3) is 10.9 Å². The van der Waals surface area contributed by atoms with Crippen LogP contribution in [0.5, 0.6) is 0 Å². The first-order valence-electron chi connectivity index (χ1n) is 9.44. The molecule has 0 aliphatic carbocycles. The standard InChI is InChI=1S/C21H23N5O2/c27-21(24-7-8-26-9-11-28-12-10-26)17-13-18(15-22-14-17)25-19-5-1-3-16-4-2-6-23-20(16)19/h1-6,13-15,25H,7-12H2,(H,24,27). The molecular weight excluding hydrogens is 354 g/mol. The molecule has 1 aliphatic heterocycles. The Balaban J connectivity index is 1.40. The van der Waals surface area contributed by atoms with E-state index in [4.69, 9.17) is 4.74 Å². The Labute approximate surface area is 163 Å². The van der Waals surface area contributed by atoms with E-state index < -0.39 is 0 Å². The van der Waals surface area contributed by atoms with Crippen LogP contribution >= 0.6 is 0 Å². The lowest BCUT2D eigenvalue weighted by atomic mass is 10.2. The number of pyridine rings is 2. The summed E-state index contributed by atoms with van der Waals surface area (Å²) in [6, 6.07) is 11.7. The molecule has 2 N–H and O–H groups in total. The van der Waals surface area contributed by atoms with Crippen LogP contribution < -0.4 is 10.6 Å². The molecule has 0 spiro atoms. The lowest BCUT2D eigenvalue weighted by molar-refractivity contribution is 0.0383. The number of aromatic nitrogens is 2. The molecular formula is C21H23N5O2. The number of hydrogen-bond donors (Lipinski definition) is 2. The van der Waals surface area contributed by atoms with E-state index in [9.17, 15) is 4.79 Å². The zero-order chi connectivity index (χ0) is 19.2.